The first kappa shape index (κ1) is 15.6. The van der Waals surface area contributed by atoms with Crippen molar-refractivity contribution in [2.24, 2.45) is 0 Å². The van der Waals surface area contributed by atoms with E-state index in [0.717, 1.165) is 19.3 Å². The maximum atomic E-state index is 10.7. The summed E-state index contributed by atoms with van der Waals surface area (Å²) < 4.78 is 4.75. The maximum absolute atomic E-state index is 10.7. The Labute approximate surface area is 86.8 Å². The third-order valence-electron chi connectivity index (χ3n) is 1.29. The molecule has 0 saturated heterocycles. The Morgan fingerprint density at radius 3 is 1.93 bits per heavy atom. The minimum atomic E-state index is -0.0593. The zero-order valence-corrected chi connectivity index (χ0v) is 9.76. The summed E-state index contributed by atoms with van der Waals surface area (Å²) in [7, 11) is 0. The van der Waals surface area contributed by atoms with E-state index in [4.69, 9.17) is 4.74 Å². The lowest BCUT2D eigenvalue weighted by Crippen LogP contribution is -2.02. The van der Waals surface area contributed by atoms with Gasteiger partial charge in [-0.1, -0.05) is 19.8 Å². The van der Waals surface area contributed by atoms with E-state index >= 15 is 0 Å². The van der Waals surface area contributed by atoms with Gasteiger partial charge in [-0.3, -0.25) is 4.79 Å². The standard InChI is InChI=1S/C8H16O2.C3H6O/c1-3-5-6-7-8(9)10-4-2;1-3(2)4/h3-7H2,1-2H3;1-2H3. The van der Waals surface area contributed by atoms with Crippen molar-refractivity contribution < 1.29 is 14.3 Å². The molecule has 0 radical (unpaired) electrons. The first-order chi connectivity index (χ1) is 6.54. The van der Waals surface area contributed by atoms with E-state index in [1.54, 1.807) is 0 Å². The van der Waals surface area contributed by atoms with Crippen molar-refractivity contribution in [3.8, 4) is 0 Å². The van der Waals surface area contributed by atoms with Crippen LogP contribution in [0.1, 0.15) is 53.4 Å². The molecule has 0 aliphatic carbocycles. The summed E-state index contributed by atoms with van der Waals surface area (Å²) >= 11 is 0. The number of ether oxygens (including phenoxy) is 1. The van der Waals surface area contributed by atoms with Gasteiger partial charge in [0.2, 0.25) is 0 Å². The van der Waals surface area contributed by atoms with Crippen molar-refractivity contribution in [1.29, 1.82) is 0 Å². The average Bonchev–Trinajstić information content (AvgIpc) is 2.04. The van der Waals surface area contributed by atoms with Gasteiger partial charge in [0.1, 0.15) is 5.78 Å². The number of rotatable bonds is 5. The molecule has 3 heteroatoms. The van der Waals surface area contributed by atoms with Crippen LogP contribution < -0.4 is 0 Å². The number of unbranched alkanes of at least 4 members (excludes halogenated alkanes) is 2. The molecular weight excluding hydrogens is 180 g/mol. The van der Waals surface area contributed by atoms with Crippen molar-refractivity contribution in [3.63, 3.8) is 0 Å². The first-order valence-corrected chi connectivity index (χ1v) is 5.17. The van der Waals surface area contributed by atoms with E-state index < -0.39 is 0 Å². The minimum Gasteiger partial charge on any atom is -0.466 e. The molecule has 0 aromatic heterocycles. The van der Waals surface area contributed by atoms with Crippen molar-refractivity contribution >= 4 is 11.8 Å². The normalized spacial score (nSPS) is 8.57. The Morgan fingerprint density at radius 1 is 1.07 bits per heavy atom. The summed E-state index contributed by atoms with van der Waals surface area (Å²) in [6.07, 6.45) is 3.83. The van der Waals surface area contributed by atoms with E-state index in [2.05, 4.69) is 6.92 Å². The predicted octanol–water partition coefficient (Wildman–Crippen LogP) is 2.73. The monoisotopic (exact) mass is 202 g/mol. The fraction of sp³-hybridized carbons (Fsp3) is 0.818. The van der Waals surface area contributed by atoms with Gasteiger partial charge >= 0.3 is 5.97 Å². The average molecular weight is 202 g/mol. The van der Waals surface area contributed by atoms with Crippen LogP contribution in [0.15, 0.2) is 0 Å². The maximum Gasteiger partial charge on any atom is 0.305 e. The fourth-order valence-corrected chi connectivity index (χ4v) is 0.752. The Bertz CT molecular complexity index is 149. The summed E-state index contributed by atoms with van der Waals surface area (Å²) in [6, 6.07) is 0. The Kier molecular flexibility index (Phi) is 13.5. The minimum absolute atomic E-state index is 0.0593. The van der Waals surface area contributed by atoms with Gasteiger partial charge in [-0.05, 0) is 27.2 Å². The van der Waals surface area contributed by atoms with Crippen LogP contribution in [-0.4, -0.2) is 18.4 Å². The third-order valence-corrected chi connectivity index (χ3v) is 1.29. The summed E-state index contributed by atoms with van der Waals surface area (Å²) in [5, 5.41) is 0. The van der Waals surface area contributed by atoms with E-state index in [9.17, 15) is 9.59 Å². The molecule has 0 unspecified atom stereocenters. The van der Waals surface area contributed by atoms with Gasteiger partial charge in [0.15, 0.2) is 0 Å². The molecule has 84 valence electrons. The first-order valence-electron chi connectivity index (χ1n) is 5.17. The number of carbonyl (C=O) groups excluding carboxylic acids is 2. The molecular formula is C11H22O3. The molecule has 0 N–H and O–H groups in total. The lowest BCUT2D eigenvalue weighted by Gasteiger charge is -1.99. The molecule has 0 bridgehead atoms. The molecule has 0 rings (SSSR count). The summed E-state index contributed by atoms with van der Waals surface area (Å²) in [4.78, 5) is 20.1. The van der Waals surface area contributed by atoms with Crippen molar-refractivity contribution in [3.05, 3.63) is 0 Å². The molecule has 14 heavy (non-hydrogen) atoms. The van der Waals surface area contributed by atoms with Crippen LogP contribution in [0, 0.1) is 0 Å². The Hall–Kier alpha value is -0.860. The lowest BCUT2D eigenvalue weighted by molar-refractivity contribution is -0.143. The Balaban J connectivity index is 0. The molecule has 0 atom stereocenters. The molecule has 0 aromatic carbocycles. The predicted molar refractivity (Wildman–Crippen MR) is 57.1 cm³/mol. The topological polar surface area (TPSA) is 43.4 Å². The number of Topliss-reactive ketones (excluding diaryl/α,β-unsaturated/α-hetero) is 1. The molecule has 0 fully saturated rings. The van der Waals surface area contributed by atoms with Crippen LogP contribution in [-0.2, 0) is 14.3 Å². The van der Waals surface area contributed by atoms with Crippen molar-refractivity contribution in [1.82, 2.24) is 0 Å². The van der Waals surface area contributed by atoms with Crippen LogP contribution in [0.5, 0.6) is 0 Å². The third kappa shape index (κ3) is 22.5. The number of ketones is 1. The zero-order chi connectivity index (χ0) is 11.4. The molecule has 0 amide bonds. The molecule has 0 aliphatic heterocycles. The van der Waals surface area contributed by atoms with Crippen molar-refractivity contribution in [2.75, 3.05) is 6.61 Å². The van der Waals surface area contributed by atoms with E-state index in [-0.39, 0.29) is 11.8 Å². The summed E-state index contributed by atoms with van der Waals surface area (Å²) in [5.41, 5.74) is 0. The molecule has 0 aromatic rings. The summed E-state index contributed by atoms with van der Waals surface area (Å²) in [6.45, 7) is 7.51. The Morgan fingerprint density at radius 2 is 1.57 bits per heavy atom. The van der Waals surface area contributed by atoms with Crippen LogP contribution in [0.4, 0.5) is 0 Å². The number of carbonyl (C=O) groups is 2. The van der Waals surface area contributed by atoms with E-state index in [0.29, 0.717) is 13.0 Å². The van der Waals surface area contributed by atoms with Gasteiger partial charge in [0.05, 0.1) is 6.61 Å². The van der Waals surface area contributed by atoms with E-state index in [1.807, 2.05) is 6.92 Å². The highest BCUT2D eigenvalue weighted by Crippen LogP contribution is 1.99. The molecule has 0 aliphatic rings. The highest BCUT2D eigenvalue weighted by atomic mass is 16.5. The van der Waals surface area contributed by atoms with Gasteiger partial charge in [0.25, 0.3) is 0 Å². The second-order valence-corrected chi connectivity index (χ2v) is 3.17. The highest BCUT2D eigenvalue weighted by Gasteiger charge is 1.98. The van der Waals surface area contributed by atoms with Crippen LogP contribution in [0.2, 0.25) is 0 Å². The SMILES string of the molecule is CC(C)=O.CCCCCC(=O)OCC. The van der Waals surface area contributed by atoms with Crippen LogP contribution >= 0.6 is 0 Å². The van der Waals surface area contributed by atoms with Crippen LogP contribution in [0.3, 0.4) is 0 Å². The molecule has 0 saturated carbocycles. The summed E-state index contributed by atoms with van der Waals surface area (Å²) in [5.74, 6) is 0.107. The van der Waals surface area contributed by atoms with E-state index in [1.165, 1.54) is 13.8 Å². The molecule has 0 heterocycles. The van der Waals surface area contributed by atoms with Gasteiger partial charge in [-0.15, -0.1) is 0 Å². The van der Waals surface area contributed by atoms with Crippen molar-refractivity contribution in [2.45, 2.75) is 53.4 Å². The van der Waals surface area contributed by atoms with Gasteiger partial charge < -0.3 is 9.53 Å². The lowest BCUT2D eigenvalue weighted by atomic mass is 10.2. The number of hydrogen-bond acceptors (Lipinski definition) is 3. The van der Waals surface area contributed by atoms with Gasteiger partial charge in [0, 0.05) is 6.42 Å². The molecule has 0 spiro atoms. The van der Waals surface area contributed by atoms with Gasteiger partial charge in [-0.2, -0.15) is 0 Å². The smallest absolute Gasteiger partial charge is 0.305 e. The number of esters is 1. The van der Waals surface area contributed by atoms with Crippen LogP contribution in [0.25, 0.3) is 0 Å². The number of hydrogen-bond donors (Lipinski definition) is 0. The molecule has 3 nitrogen and oxygen atoms in total. The quantitative estimate of drug-likeness (QED) is 0.508. The second kappa shape index (κ2) is 12.1. The largest absolute Gasteiger partial charge is 0.466 e. The highest BCUT2D eigenvalue weighted by molar-refractivity contribution is 5.72. The fourth-order valence-electron chi connectivity index (χ4n) is 0.752. The van der Waals surface area contributed by atoms with Gasteiger partial charge in [-0.25, -0.2) is 0 Å². The zero-order valence-electron chi connectivity index (χ0n) is 9.76. The second-order valence-electron chi connectivity index (χ2n) is 3.17.